The molecule has 0 radical (unpaired) electrons. The molecule has 0 bridgehead atoms. The van der Waals surface area contributed by atoms with Gasteiger partial charge in [0.2, 0.25) is 9.84 Å². The number of benzene rings is 16. The molecule has 0 saturated carbocycles. The monoisotopic (exact) mass is 1790 g/mol. The van der Waals surface area contributed by atoms with Gasteiger partial charge in [0.25, 0.3) is 0 Å². The van der Waals surface area contributed by atoms with Crippen LogP contribution in [0, 0.1) is 0 Å². The minimum absolute atomic E-state index is 0.000677. The molecule has 24 rings (SSSR count). The van der Waals surface area contributed by atoms with Crippen LogP contribution in [0.2, 0.25) is 0 Å². The Hall–Kier alpha value is -16.3. The highest BCUT2D eigenvalue weighted by atomic mass is 32.2. The molecule has 0 spiro atoms. The molecule has 16 aromatic rings. The average Bonchev–Trinajstić information content (AvgIpc) is 0.771. The molecule has 0 aromatic heterocycles. The molecule has 0 unspecified atom stereocenters. The van der Waals surface area contributed by atoms with E-state index in [-0.39, 0.29) is 15.6 Å². The van der Waals surface area contributed by atoms with E-state index in [9.17, 15) is 13.2 Å². The van der Waals surface area contributed by atoms with Crippen LogP contribution in [0.3, 0.4) is 0 Å². The van der Waals surface area contributed by atoms with E-state index in [1.165, 1.54) is 33.6 Å². The standard InChI is InChI=1S/C29H24N2O3.C28H24N2O4S.C28H24N2O3.C28H24N2O2/c32-29(21-11-13-27-23(15-21)17-30(19-33-27)25-7-3-1-4-8-25)22-12-14-28-24(16-22)18-31(20-34-28)26-9-5-2-6-10-26;31-35(32,25-11-13-27-21(15-25)17-29(19-33-27)23-7-3-1-4-8-23)26-12-14-28-22(16-26)18-30(20-34-28)24-9-5-2-6-10-24;1-3-7-23(8-4-1)29-17-21-15-25(11-13-27(21)31-19-29)33-26-12-14-28-22(16-26)18-30(20-32-28)24-9-5-2-6-10-24;1-3-7-25(8-4-1)29-17-23-15-21(11-13-27(23)31-19-29)22-12-14-28-24(16-22)18-30(20-32-28)26-9-5-2-6-10-26/h1-16H,17-20H2;1-16H,17-20H2;1-16H,17-20H2;1-16H,17-20H2. The van der Waals surface area contributed by atoms with Crippen molar-refractivity contribution in [2.45, 2.75) is 62.1 Å². The fourth-order valence-corrected chi connectivity index (χ4v) is 19.2. The molecule has 20 nitrogen and oxygen atoms in total. The summed E-state index contributed by atoms with van der Waals surface area (Å²) in [6.07, 6.45) is 0. The van der Waals surface area contributed by atoms with Gasteiger partial charge < -0.3 is 81.8 Å². The number of ketones is 1. The molecular formula is C113H96N8O12S. The normalized spacial score (nSPS) is 14.7. The third-order valence-corrected chi connectivity index (χ3v) is 26.7. The number of carbonyl (C=O) groups is 1. The van der Waals surface area contributed by atoms with Crippen LogP contribution in [0.15, 0.2) is 398 Å². The zero-order chi connectivity index (χ0) is 90.1. The van der Waals surface area contributed by atoms with E-state index in [1.807, 2.05) is 206 Å². The van der Waals surface area contributed by atoms with Gasteiger partial charge in [-0.05, 0) is 242 Å². The maximum absolute atomic E-state index is 13.6. The molecule has 0 N–H and O–H groups in total. The Balaban J connectivity index is 0.000000107. The summed E-state index contributed by atoms with van der Waals surface area (Å²) in [6, 6.07) is 128. The zero-order valence-electron chi connectivity index (χ0n) is 73.6. The highest BCUT2D eigenvalue weighted by Gasteiger charge is 2.31. The van der Waals surface area contributed by atoms with E-state index in [0.29, 0.717) is 103 Å². The van der Waals surface area contributed by atoms with Gasteiger partial charge in [-0.15, -0.1) is 0 Å². The molecule has 16 aromatic carbocycles. The number of fused-ring (bicyclic) bond motifs is 8. The number of ether oxygens (including phenoxy) is 9. The summed E-state index contributed by atoms with van der Waals surface area (Å²) in [5.41, 5.74) is 21.0. The summed E-state index contributed by atoms with van der Waals surface area (Å²) >= 11 is 0. The molecule has 0 atom stereocenters. The van der Waals surface area contributed by atoms with Gasteiger partial charge in [0, 0.05) is 153 Å². The number of para-hydroxylation sites is 8. The fraction of sp³-hybridized carbons (Fsp3) is 0.142. The lowest BCUT2D eigenvalue weighted by Gasteiger charge is -2.31. The lowest BCUT2D eigenvalue weighted by molar-refractivity contribution is 0.103. The molecule has 8 aliphatic heterocycles. The van der Waals surface area contributed by atoms with Crippen molar-refractivity contribution in [3.05, 3.63) is 444 Å². The Bertz CT molecular complexity index is 6580. The first-order valence-corrected chi connectivity index (χ1v) is 46.4. The Kier molecular flexibility index (Phi) is 24.3. The molecular weight excluding hydrogens is 1690 g/mol. The molecule has 0 aliphatic carbocycles. The van der Waals surface area contributed by atoms with Crippen LogP contribution in [0.25, 0.3) is 11.1 Å². The van der Waals surface area contributed by atoms with Crippen LogP contribution < -0.4 is 81.8 Å². The summed E-state index contributed by atoms with van der Waals surface area (Å²) in [6.45, 7) is 9.84. The number of nitrogens with zero attached hydrogens (tertiary/aromatic N) is 8. The number of rotatable bonds is 15. The summed E-state index contributed by atoms with van der Waals surface area (Å²) in [5, 5.41) is 0. The lowest BCUT2D eigenvalue weighted by Crippen LogP contribution is -2.32. The second-order valence-electron chi connectivity index (χ2n) is 33.8. The third kappa shape index (κ3) is 18.9. The Morgan fingerprint density at radius 1 is 0.209 bits per heavy atom. The fourth-order valence-electron chi connectivity index (χ4n) is 17.8. The zero-order valence-corrected chi connectivity index (χ0v) is 74.5. The summed E-state index contributed by atoms with van der Waals surface area (Å²) in [5.74, 6) is 8.45. The maximum atomic E-state index is 13.6. The quantitative estimate of drug-likeness (QED) is 0.0891. The highest BCUT2D eigenvalue weighted by molar-refractivity contribution is 7.91. The molecule has 8 aliphatic rings. The van der Waals surface area contributed by atoms with Crippen molar-refractivity contribution in [1.82, 2.24) is 0 Å². The van der Waals surface area contributed by atoms with Gasteiger partial charge in [-0.2, -0.15) is 0 Å². The number of carbonyl (C=O) groups excluding carboxylic acids is 1. The van der Waals surface area contributed by atoms with Crippen LogP contribution in [0.5, 0.6) is 57.5 Å². The van der Waals surface area contributed by atoms with Crippen molar-refractivity contribution in [2.75, 3.05) is 93.0 Å². The molecule has 0 saturated heterocycles. The number of hydrogen-bond acceptors (Lipinski definition) is 20. The highest BCUT2D eigenvalue weighted by Crippen LogP contribution is 2.43. The molecule has 134 heavy (non-hydrogen) atoms. The first-order chi connectivity index (χ1) is 66.0. The largest absolute Gasteiger partial charge is 0.473 e. The van der Waals surface area contributed by atoms with E-state index in [2.05, 4.69) is 185 Å². The first kappa shape index (κ1) is 84.6. The van der Waals surface area contributed by atoms with Crippen molar-refractivity contribution in [2.24, 2.45) is 0 Å². The summed E-state index contributed by atoms with van der Waals surface area (Å²) in [4.78, 5) is 31.3. The topological polar surface area (TPSA) is 160 Å². The SMILES string of the molecule is O=C(c1ccc2c(c1)CN(c1ccccc1)CO2)c1ccc2c(c1)CN(c1ccccc1)CO2.O=S(=O)(c1ccc2c(c1)CN(c1ccccc1)CO2)c1ccc2c(c1)CN(c1ccccc1)CO2.c1ccc(N2COc3ccc(-c4ccc5c(c4)CN(c4ccccc4)CO5)cc3C2)cc1.c1ccc(N2COc3ccc(Oc4ccc5c(c4)CN(c4ccccc4)CO5)cc3C2)cc1. The predicted octanol–water partition coefficient (Wildman–Crippen LogP) is 23.1. The van der Waals surface area contributed by atoms with Crippen LogP contribution >= 0.6 is 0 Å². The van der Waals surface area contributed by atoms with E-state index in [1.54, 1.807) is 36.4 Å². The molecule has 0 amide bonds. The maximum Gasteiger partial charge on any atom is 0.206 e. The summed E-state index contributed by atoms with van der Waals surface area (Å²) < 4.78 is 81.2. The number of hydrogen-bond donors (Lipinski definition) is 0. The minimum atomic E-state index is -3.72. The predicted molar refractivity (Wildman–Crippen MR) is 524 cm³/mol. The first-order valence-electron chi connectivity index (χ1n) is 44.9. The van der Waals surface area contributed by atoms with Crippen LogP contribution in [-0.4, -0.2) is 68.0 Å². The molecule has 21 heteroatoms. The van der Waals surface area contributed by atoms with Gasteiger partial charge in [-0.1, -0.05) is 158 Å². The van der Waals surface area contributed by atoms with E-state index < -0.39 is 9.84 Å². The van der Waals surface area contributed by atoms with Crippen molar-refractivity contribution in [3.8, 4) is 68.6 Å². The van der Waals surface area contributed by atoms with Crippen LogP contribution in [-0.2, 0) is 62.2 Å². The van der Waals surface area contributed by atoms with Gasteiger partial charge in [0.05, 0.1) is 9.79 Å². The van der Waals surface area contributed by atoms with Crippen molar-refractivity contribution in [3.63, 3.8) is 0 Å². The number of sulfone groups is 1. The van der Waals surface area contributed by atoms with Crippen molar-refractivity contribution in [1.29, 1.82) is 0 Å². The Morgan fingerprint density at radius 2 is 0.403 bits per heavy atom. The lowest BCUT2D eigenvalue weighted by atomic mass is 9.98. The minimum Gasteiger partial charge on any atom is -0.473 e. The Morgan fingerprint density at radius 3 is 0.642 bits per heavy atom. The molecule has 666 valence electrons. The second-order valence-corrected chi connectivity index (χ2v) is 35.7. The van der Waals surface area contributed by atoms with E-state index in [4.69, 9.17) is 42.6 Å². The van der Waals surface area contributed by atoms with Gasteiger partial charge in [0.1, 0.15) is 57.5 Å². The average molecular weight is 1790 g/mol. The van der Waals surface area contributed by atoms with Gasteiger partial charge in [0.15, 0.2) is 59.6 Å². The van der Waals surface area contributed by atoms with E-state index in [0.717, 1.165) is 140 Å². The second kappa shape index (κ2) is 38.4. The Labute approximate surface area is 779 Å². The van der Waals surface area contributed by atoms with Gasteiger partial charge in [-0.3, -0.25) is 4.79 Å². The van der Waals surface area contributed by atoms with Gasteiger partial charge in [-0.25, -0.2) is 8.42 Å². The van der Waals surface area contributed by atoms with Crippen LogP contribution in [0.4, 0.5) is 45.5 Å². The number of anilines is 8. The van der Waals surface area contributed by atoms with Crippen LogP contribution in [0.1, 0.15) is 60.4 Å². The van der Waals surface area contributed by atoms with Crippen molar-refractivity contribution < 1.29 is 55.8 Å². The van der Waals surface area contributed by atoms with Crippen molar-refractivity contribution >= 4 is 61.1 Å². The van der Waals surface area contributed by atoms with Gasteiger partial charge >= 0.3 is 0 Å². The molecule has 0 fully saturated rings. The van der Waals surface area contributed by atoms with E-state index >= 15 is 0 Å². The molecule has 8 heterocycles. The third-order valence-electron chi connectivity index (χ3n) is 25.0. The summed E-state index contributed by atoms with van der Waals surface area (Å²) in [7, 11) is -3.72. The smallest absolute Gasteiger partial charge is 0.206 e.